The molecule has 0 spiro atoms. The van der Waals surface area contributed by atoms with Crippen molar-refractivity contribution in [1.82, 2.24) is 14.8 Å². The Labute approximate surface area is 225 Å². The topological polar surface area (TPSA) is 103 Å². The molecule has 2 fully saturated rings. The number of rotatable bonds is 6. The molecule has 1 aromatic rings. The third kappa shape index (κ3) is 5.31. The van der Waals surface area contributed by atoms with Gasteiger partial charge in [-0.05, 0) is 63.2 Å². The van der Waals surface area contributed by atoms with Gasteiger partial charge >= 0.3 is 0 Å². The number of thiazole rings is 1. The molecule has 4 rings (SSSR count). The number of piperidine rings is 1. The molecule has 0 aromatic carbocycles. The zero-order chi connectivity index (χ0) is 27.1. The lowest BCUT2D eigenvalue weighted by Gasteiger charge is -2.53. The van der Waals surface area contributed by atoms with Crippen LogP contribution in [0.1, 0.15) is 83.7 Å². The van der Waals surface area contributed by atoms with E-state index in [1.54, 1.807) is 23.2 Å². The Hall–Kier alpha value is -2.00. The number of aliphatic hydroxyl groups is 1. The van der Waals surface area contributed by atoms with Gasteiger partial charge in [-0.1, -0.05) is 20.8 Å². The number of carbonyl (C=O) groups is 3. The van der Waals surface area contributed by atoms with Crippen LogP contribution >= 0.6 is 11.3 Å². The first-order chi connectivity index (χ1) is 17.5. The molecule has 1 aromatic heterocycles. The van der Waals surface area contributed by atoms with Crippen molar-refractivity contribution in [3.05, 3.63) is 10.6 Å². The van der Waals surface area contributed by atoms with Crippen LogP contribution in [0.5, 0.6) is 0 Å². The summed E-state index contributed by atoms with van der Waals surface area (Å²) in [6, 6.07) is 0. The molecule has 2 N–H and O–H groups in total. The number of anilines is 1. The van der Waals surface area contributed by atoms with Gasteiger partial charge in [0.2, 0.25) is 17.7 Å². The monoisotopic (exact) mass is 532 g/mol. The van der Waals surface area contributed by atoms with E-state index in [0.717, 1.165) is 25.0 Å². The highest BCUT2D eigenvalue weighted by atomic mass is 32.1. The van der Waals surface area contributed by atoms with Gasteiger partial charge in [0.15, 0.2) is 5.13 Å². The molecule has 3 amide bonds. The highest BCUT2D eigenvalue weighted by Crippen LogP contribution is 2.57. The van der Waals surface area contributed by atoms with Crippen LogP contribution < -0.4 is 5.32 Å². The molecule has 206 valence electrons. The van der Waals surface area contributed by atoms with Gasteiger partial charge in [-0.3, -0.25) is 14.4 Å². The molecule has 0 bridgehead atoms. The Bertz CT molecular complexity index is 1020. The van der Waals surface area contributed by atoms with Gasteiger partial charge < -0.3 is 20.2 Å². The van der Waals surface area contributed by atoms with Crippen molar-refractivity contribution in [3.8, 4) is 0 Å². The van der Waals surface area contributed by atoms with Crippen LogP contribution in [0, 0.1) is 29.1 Å². The van der Waals surface area contributed by atoms with Crippen LogP contribution in [-0.2, 0) is 20.8 Å². The summed E-state index contributed by atoms with van der Waals surface area (Å²) in [7, 11) is 0. The summed E-state index contributed by atoms with van der Waals surface area (Å²) in [5.74, 6) is -0.144. The van der Waals surface area contributed by atoms with Gasteiger partial charge in [-0.15, -0.1) is 11.3 Å². The zero-order valence-electron chi connectivity index (χ0n) is 23.2. The maximum atomic E-state index is 13.1. The minimum Gasteiger partial charge on any atom is -0.392 e. The molecule has 2 aliphatic carbocycles. The summed E-state index contributed by atoms with van der Waals surface area (Å²) in [6.45, 7) is 14.6. The first kappa shape index (κ1) is 28.0. The van der Waals surface area contributed by atoms with Crippen molar-refractivity contribution < 1.29 is 19.5 Å². The van der Waals surface area contributed by atoms with E-state index in [0.29, 0.717) is 44.2 Å². The van der Waals surface area contributed by atoms with Crippen LogP contribution in [-0.4, -0.2) is 69.9 Å². The predicted octanol–water partition coefficient (Wildman–Crippen LogP) is 3.90. The molecule has 1 saturated heterocycles. The molecule has 8 nitrogen and oxygen atoms in total. The van der Waals surface area contributed by atoms with Crippen molar-refractivity contribution in [2.24, 2.45) is 29.1 Å². The molecule has 3 aliphatic rings. The van der Waals surface area contributed by atoms with E-state index in [9.17, 15) is 19.5 Å². The van der Waals surface area contributed by atoms with Crippen LogP contribution in [0.2, 0.25) is 0 Å². The standard InChI is InChI=1S/C28H44N4O4S/c1-7-31(8-2)26(36)16(3)20-9-12-28(6)15-21-23(17(4)22(28)24(20)34)29-27(37-21)30-25(35)19-10-13-32(14-11-19)18(5)33/h16-17,19-20,22,24,34H,7-15H2,1-6H3,(H,29,30,35)/t16-,17-,20+,22+,24-,28-/m0/s1. The van der Waals surface area contributed by atoms with E-state index >= 15 is 0 Å². The smallest absolute Gasteiger partial charge is 0.229 e. The molecule has 9 heteroatoms. The second-order valence-electron chi connectivity index (χ2n) is 11.7. The summed E-state index contributed by atoms with van der Waals surface area (Å²) < 4.78 is 0. The van der Waals surface area contributed by atoms with Gasteiger partial charge in [-0.2, -0.15) is 0 Å². The quantitative estimate of drug-likeness (QED) is 0.579. The summed E-state index contributed by atoms with van der Waals surface area (Å²) in [5, 5.41) is 15.4. The number of likely N-dealkylation sites (tertiary alicyclic amines) is 1. The number of amides is 3. The van der Waals surface area contributed by atoms with Crippen molar-refractivity contribution in [1.29, 1.82) is 0 Å². The van der Waals surface area contributed by atoms with Gasteiger partial charge in [0.05, 0.1) is 11.8 Å². The fraction of sp³-hybridized carbons (Fsp3) is 0.786. The lowest BCUT2D eigenvalue weighted by Crippen LogP contribution is -2.53. The lowest BCUT2D eigenvalue weighted by molar-refractivity contribution is -0.144. The molecule has 6 atom stereocenters. The Balaban J connectivity index is 1.47. The van der Waals surface area contributed by atoms with Crippen LogP contribution in [0.15, 0.2) is 0 Å². The third-order valence-electron chi connectivity index (χ3n) is 9.57. The van der Waals surface area contributed by atoms with E-state index in [2.05, 4.69) is 19.2 Å². The summed E-state index contributed by atoms with van der Waals surface area (Å²) >= 11 is 1.56. The summed E-state index contributed by atoms with van der Waals surface area (Å²) in [4.78, 5) is 47.4. The van der Waals surface area contributed by atoms with E-state index in [1.165, 1.54) is 4.88 Å². The summed E-state index contributed by atoms with van der Waals surface area (Å²) in [6.07, 6.45) is 3.42. The van der Waals surface area contributed by atoms with E-state index in [-0.39, 0.29) is 52.7 Å². The number of carbonyl (C=O) groups excluding carboxylic acids is 3. The van der Waals surface area contributed by atoms with Crippen molar-refractivity contribution in [2.45, 2.75) is 85.7 Å². The minimum atomic E-state index is -0.567. The summed E-state index contributed by atoms with van der Waals surface area (Å²) in [5.41, 5.74) is 0.921. The number of hydrogen-bond donors (Lipinski definition) is 2. The number of fused-ring (bicyclic) bond motifs is 2. The van der Waals surface area contributed by atoms with E-state index in [1.807, 2.05) is 25.7 Å². The number of nitrogens with one attached hydrogen (secondary N) is 1. The second-order valence-corrected chi connectivity index (χ2v) is 12.8. The van der Waals surface area contributed by atoms with E-state index in [4.69, 9.17) is 4.98 Å². The first-order valence-electron chi connectivity index (χ1n) is 14.0. The number of hydrogen-bond acceptors (Lipinski definition) is 6. The van der Waals surface area contributed by atoms with Crippen molar-refractivity contribution in [2.75, 3.05) is 31.5 Å². The molecule has 1 aliphatic heterocycles. The minimum absolute atomic E-state index is 0.0191. The van der Waals surface area contributed by atoms with E-state index < -0.39 is 6.10 Å². The van der Waals surface area contributed by atoms with Crippen molar-refractivity contribution in [3.63, 3.8) is 0 Å². The van der Waals surface area contributed by atoms with Gasteiger partial charge in [0.1, 0.15) is 0 Å². The fourth-order valence-electron chi connectivity index (χ4n) is 7.27. The fourth-order valence-corrected chi connectivity index (χ4v) is 8.54. The first-order valence-corrected chi connectivity index (χ1v) is 14.8. The number of nitrogens with zero attached hydrogens (tertiary/aromatic N) is 3. The SMILES string of the molecule is CCN(CC)C(=O)[C@@H](C)[C@H]1CC[C@@]2(C)Cc3sc(NC(=O)C4CCN(C(C)=O)CC4)nc3[C@@H](C)[C@@H]2[C@H]1O. The molecule has 0 unspecified atom stereocenters. The van der Waals surface area contributed by atoms with Gasteiger partial charge in [0, 0.05) is 55.7 Å². The third-order valence-corrected chi connectivity index (χ3v) is 10.6. The normalized spacial score (nSPS) is 30.7. The Kier molecular flexibility index (Phi) is 8.34. The molecule has 0 radical (unpaired) electrons. The molecule has 1 saturated carbocycles. The zero-order valence-corrected chi connectivity index (χ0v) is 24.1. The molecule has 37 heavy (non-hydrogen) atoms. The number of aliphatic hydroxyl groups excluding tert-OH is 1. The van der Waals surface area contributed by atoms with Crippen LogP contribution in [0.25, 0.3) is 0 Å². The van der Waals surface area contributed by atoms with Gasteiger partial charge in [-0.25, -0.2) is 4.98 Å². The molecular weight excluding hydrogens is 488 g/mol. The lowest BCUT2D eigenvalue weighted by atomic mass is 9.53. The Morgan fingerprint density at radius 3 is 2.46 bits per heavy atom. The van der Waals surface area contributed by atoms with Gasteiger partial charge in [0.25, 0.3) is 0 Å². The molecular formula is C28H44N4O4S. The number of aromatic nitrogens is 1. The second kappa shape index (κ2) is 11.0. The predicted molar refractivity (Wildman–Crippen MR) is 145 cm³/mol. The highest BCUT2D eigenvalue weighted by Gasteiger charge is 2.54. The van der Waals surface area contributed by atoms with Crippen LogP contribution in [0.4, 0.5) is 5.13 Å². The average Bonchev–Trinajstić information content (AvgIpc) is 3.26. The Morgan fingerprint density at radius 2 is 1.86 bits per heavy atom. The maximum Gasteiger partial charge on any atom is 0.229 e. The average molecular weight is 533 g/mol. The highest BCUT2D eigenvalue weighted by molar-refractivity contribution is 7.15. The van der Waals surface area contributed by atoms with Crippen molar-refractivity contribution >= 4 is 34.2 Å². The largest absolute Gasteiger partial charge is 0.392 e. The Morgan fingerprint density at radius 1 is 1.22 bits per heavy atom. The van der Waals surface area contributed by atoms with Crippen LogP contribution in [0.3, 0.4) is 0 Å². The molecule has 2 heterocycles. The maximum absolute atomic E-state index is 13.1.